The maximum atomic E-state index is 11.3. The number of aliphatic hydroxyl groups is 1. The summed E-state index contributed by atoms with van der Waals surface area (Å²) in [5.74, 6) is 0. The Labute approximate surface area is 97.0 Å². The van der Waals surface area contributed by atoms with E-state index in [0.29, 0.717) is 17.4 Å². The average molecular weight is 256 g/mol. The molecule has 0 bridgehead atoms. The van der Waals surface area contributed by atoms with Crippen LogP contribution in [0.25, 0.3) is 0 Å². The summed E-state index contributed by atoms with van der Waals surface area (Å²) in [6.45, 7) is 2.31. The van der Waals surface area contributed by atoms with Gasteiger partial charge in [-0.2, -0.15) is 0 Å². The van der Waals surface area contributed by atoms with Crippen LogP contribution < -0.4 is 0 Å². The minimum absolute atomic E-state index is 0.138. The average Bonchev–Trinajstić information content (AvgIpc) is 2.12. The molecule has 0 aliphatic heterocycles. The van der Waals surface area contributed by atoms with Crippen molar-refractivity contribution in [2.45, 2.75) is 19.4 Å². The predicted octanol–water partition coefficient (Wildman–Crippen LogP) is 0.597. The molecule has 0 aromatic heterocycles. The van der Waals surface area contributed by atoms with Crippen LogP contribution in [0.4, 0.5) is 0 Å². The summed E-state index contributed by atoms with van der Waals surface area (Å²) in [6, 6.07) is 0. The van der Waals surface area contributed by atoms with Crippen molar-refractivity contribution in [1.82, 2.24) is 0 Å². The highest BCUT2D eigenvalue weighted by Crippen LogP contribution is 2.43. The molecule has 0 aromatic rings. The first-order valence-electron chi connectivity index (χ1n) is 5.26. The molecule has 0 aliphatic rings. The van der Waals surface area contributed by atoms with Crippen molar-refractivity contribution in [2.24, 2.45) is 0 Å². The zero-order chi connectivity index (χ0) is 12.8. The molecule has 98 valence electrons. The molecule has 2 unspecified atom stereocenters. The van der Waals surface area contributed by atoms with Crippen molar-refractivity contribution in [2.75, 3.05) is 40.9 Å². The lowest BCUT2D eigenvalue weighted by molar-refractivity contribution is -0.870. The smallest absolute Gasteiger partial charge is 0.391 e. The molecule has 16 heavy (non-hydrogen) atoms. The van der Waals surface area contributed by atoms with Gasteiger partial charge in [0.1, 0.15) is 13.2 Å². The van der Waals surface area contributed by atoms with Crippen LogP contribution in [0.2, 0.25) is 0 Å². The van der Waals surface area contributed by atoms with Gasteiger partial charge in [-0.05, 0) is 6.42 Å². The number of quaternary nitrogens is 1. The number of nitrogens with zero attached hydrogens (tertiary/aromatic N) is 1. The standard InChI is InChI=1S/C9H22NO5P/c1-5-9(11)8-15-16(12,13)14-7-6-10(2,3)4/h9,11H,5-8H2,1-4H3/p+1. The van der Waals surface area contributed by atoms with E-state index in [1.807, 2.05) is 21.1 Å². The summed E-state index contributed by atoms with van der Waals surface area (Å²) < 4.78 is 21.3. The second kappa shape index (κ2) is 6.69. The minimum atomic E-state index is -4.02. The van der Waals surface area contributed by atoms with Gasteiger partial charge in [-0.25, -0.2) is 4.57 Å². The van der Waals surface area contributed by atoms with Crippen LogP contribution in [0.5, 0.6) is 0 Å². The lowest BCUT2D eigenvalue weighted by atomic mass is 10.3. The Morgan fingerprint density at radius 1 is 1.31 bits per heavy atom. The van der Waals surface area contributed by atoms with Gasteiger partial charge in [-0.15, -0.1) is 0 Å². The summed E-state index contributed by atoms with van der Waals surface area (Å²) in [4.78, 5) is 9.25. The number of likely N-dealkylation sites (N-methyl/N-ethyl adjacent to an activating group) is 1. The predicted molar refractivity (Wildman–Crippen MR) is 60.9 cm³/mol. The monoisotopic (exact) mass is 256 g/mol. The van der Waals surface area contributed by atoms with Gasteiger partial charge in [-0.3, -0.25) is 9.05 Å². The number of aliphatic hydroxyl groups excluding tert-OH is 1. The molecule has 7 heteroatoms. The zero-order valence-corrected chi connectivity index (χ0v) is 11.3. The van der Waals surface area contributed by atoms with Gasteiger partial charge < -0.3 is 14.5 Å². The molecular formula is C9H23NO5P+. The molecule has 0 fully saturated rings. The van der Waals surface area contributed by atoms with Crippen molar-refractivity contribution in [3.8, 4) is 0 Å². The number of hydrogen-bond acceptors (Lipinski definition) is 4. The lowest BCUT2D eigenvalue weighted by Gasteiger charge is -2.24. The molecule has 2 atom stereocenters. The highest BCUT2D eigenvalue weighted by molar-refractivity contribution is 7.47. The molecule has 0 saturated heterocycles. The van der Waals surface area contributed by atoms with Gasteiger partial charge in [0.25, 0.3) is 0 Å². The van der Waals surface area contributed by atoms with Crippen LogP contribution in [0.15, 0.2) is 0 Å². The highest BCUT2D eigenvalue weighted by atomic mass is 31.2. The number of phosphoric acid groups is 1. The molecule has 0 spiro atoms. The van der Waals surface area contributed by atoms with Crippen molar-refractivity contribution in [3.63, 3.8) is 0 Å². The topological polar surface area (TPSA) is 76.0 Å². The first-order chi connectivity index (χ1) is 7.16. The Bertz CT molecular complexity index is 241. The van der Waals surface area contributed by atoms with Crippen molar-refractivity contribution in [3.05, 3.63) is 0 Å². The van der Waals surface area contributed by atoms with Crippen LogP contribution in [-0.4, -0.2) is 61.5 Å². The third-order valence-corrected chi connectivity index (χ3v) is 2.90. The van der Waals surface area contributed by atoms with E-state index in [4.69, 9.17) is 9.63 Å². The lowest BCUT2D eigenvalue weighted by Crippen LogP contribution is -2.37. The molecule has 2 N–H and O–H groups in total. The van der Waals surface area contributed by atoms with Crippen LogP contribution in [-0.2, 0) is 13.6 Å². The second-order valence-electron chi connectivity index (χ2n) is 4.67. The van der Waals surface area contributed by atoms with E-state index in [2.05, 4.69) is 4.52 Å². The van der Waals surface area contributed by atoms with E-state index in [0.717, 1.165) is 0 Å². The SMILES string of the molecule is CCC(O)COP(=O)(O)OCC[N+](C)(C)C. The Hall–Kier alpha value is 0.0300. The van der Waals surface area contributed by atoms with Crippen molar-refractivity contribution in [1.29, 1.82) is 0 Å². The number of hydrogen-bond donors (Lipinski definition) is 2. The first-order valence-corrected chi connectivity index (χ1v) is 6.76. The van der Waals surface area contributed by atoms with Gasteiger partial charge in [0.05, 0.1) is 33.9 Å². The maximum absolute atomic E-state index is 11.3. The fourth-order valence-corrected chi connectivity index (χ4v) is 1.51. The zero-order valence-electron chi connectivity index (χ0n) is 10.4. The second-order valence-corrected chi connectivity index (χ2v) is 6.13. The molecule has 0 saturated carbocycles. The van der Waals surface area contributed by atoms with Gasteiger partial charge in [0.15, 0.2) is 0 Å². The van der Waals surface area contributed by atoms with Crippen LogP contribution in [0, 0.1) is 0 Å². The fraction of sp³-hybridized carbons (Fsp3) is 1.00. The Morgan fingerprint density at radius 2 is 1.88 bits per heavy atom. The van der Waals surface area contributed by atoms with Crippen LogP contribution in [0.1, 0.15) is 13.3 Å². The summed E-state index contributed by atoms with van der Waals surface area (Å²) in [6.07, 6.45) is -0.263. The largest absolute Gasteiger partial charge is 0.472 e. The quantitative estimate of drug-likeness (QED) is 0.491. The maximum Gasteiger partial charge on any atom is 0.472 e. The van der Waals surface area contributed by atoms with E-state index >= 15 is 0 Å². The first kappa shape index (κ1) is 16.0. The Kier molecular flexibility index (Phi) is 6.70. The fourth-order valence-electron chi connectivity index (χ4n) is 0.765. The molecule has 0 aromatic carbocycles. The van der Waals surface area contributed by atoms with Gasteiger partial charge in [-0.1, -0.05) is 6.92 Å². The van der Waals surface area contributed by atoms with E-state index in [9.17, 15) is 9.46 Å². The summed E-state index contributed by atoms with van der Waals surface area (Å²) in [5.41, 5.74) is 0. The van der Waals surface area contributed by atoms with E-state index in [1.165, 1.54) is 0 Å². The molecule has 0 heterocycles. The molecule has 0 radical (unpaired) electrons. The highest BCUT2D eigenvalue weighted by Gasteiger charge is 2.23. The molecule has 0 rings (SSSR count). The minimum Gasteiger partial charge on any atom is -0.391 e. The third-order valence-electron chi connectivity index (χ3n) is 1.92. The molecular weight excluding hydrogens is 233 g/mol. The number of phosphoric ester groups is 1. The van der Waals surface area contributed by atoms with Crippen molar-refractivity contribution < 1.29 is 28.1 Å². The Balaban J connectivity index is 3.83. The van der Waals surface area contributed by atoms with E-state index < -0.39 is 13.9 Å². The van der Waals surface area contributed by atoms with Crippen LogP contribution in [0.3, 0.4) is 0 Å². The van der Waals surface area contributed by atoms with Gasteiger partial charge >= 0.3 is 7.82 Å². The molecule has 0 aliphatic carbocycles. The third kappa shape index (κ3) is 9.27. The summed E-state index contributed by atoms with van der Waals surface area (Å²) >= 11 is 0. The normalized spacial score (nSPS) is 18.1. The van der Waals surface area contributed by atoms with E-state index in [-0.39, 0.29) is 13.2 Å². The van der Waals surface area contributed by atoms with Crippen LogP contribution >= 0.6 is 7.82 Å². The Morgan fingerprint density at radius 3 is 2.31 bits per heavy atom. The van der Waals surface area contributed by atoms with Crippen molar-refractivity contribution >= 4 is 7.82 Å². The van der Waals surface area contributed by atoms with Gasteiger partial charge in [0.2, 0.25) is 0 Å². The molecule has 6 nitrogen and oxygen atoms in total. The van der Waals surface area contributed by atoms with E-state index in [1.54, 1.807) is 6.92 Å². The molecule has 0 amide bonds. The summed E-state index contributed by atoms with van der Waals surface area (Å²) in [5, 5.41) is 9.16. The number of rotatable bonds is 8. The van der Waals surface area contributed by atoms with Gasteiger partial charge in [0, 0.05) is 0 Å². The summed E-state index contributed by atoms with van der Waals surface area (Å²) in [7, 11) is 1.84.